The number of ether oxygens (including phenoxy) is 1. The largest absolute Gasteiger partial charge is 0.379 e. The predicted octanol–water partition coefficient (Wildman–Crippen LogP) is 2.04. The van der Waals surface area contributed by atoms with Crippen LogP contribution in [0.5, 0.6) is 0 Å². The second-order valence-electron chi connectivity index (χ2n) is 4.84. The first-order valence-electron chi connectivity index (χ1n) is 6.26. The van der Waals surface area contributed by atoms with Gasteiger partial charge >= 0.3 is 5.92 Å². The van der Waals surface area contributed by atoms with Crippen LogP contribution in [0.1, 0.15) is 25.7 Å². The average molecular weight is 244 g/mol. The lowest BCUT2D eigenvalue weighted by atomic mass is 9.79. The number of hydrogen-bond acceptors (Lipinski definition) is 3. The van der Waals surface area contributed by atoms with Crippen LogP contribution in [-0.4, -0.2) is 43.2 Å². The van der Waals surface area contributed by atoms with Crippen LogP contribution in [-0.2, 0) is 4.74 Å². The summed E-state index contributed by atoms with van der Waals surface area (Å²) in [6.45, 7) is 2.65. The summed E-state index contributed by atoms with van der Waals surface area (Å²) in [7, 11) is 0. The van der Waals surface area contributed by atoms with Gasteiger partial charge in [0.1, 0.15) is 6.07 Å². The first kappa shape index (κ1) is 12.7. The quantitative estimate of drug-likeness (QED) is 0.745. The Kier molecular flexibility index (Phi) is 3.95. The molecule has 0 spiro atoms. The number of halogens is 2. The zero-order valence-corrected chi connectivity index (χ0v) is 9.87. The van der Waals surface area contributed by atoms with E-state index in [0.29, 0.717) is 32.7 Å². The summed E-state index contributed by atoms with van der Waals surface area (Å²) in [5.41, 5.74) is 0. The summed E-state index contributed by atoms with van der Waals surface area (Å²) in [6, 6.07) is 1.04. The summed E-state index contributed by atoms with van der Waals surface area (Å²) >= 11 is 0. The van der Waals surface area contributed by atoms with E-state index in [1.807, 2.05) is 0 Å². The highest BCUT2D eigenvalue weighted by Crippen LogP contribution is 2.39. The van der Waals surface area contributed by atoms with E-state index in [4.69, 9.17) is 10.00 Å². The SMILES string of the molecule is N#CC(F)(F)C1CCCCC1N1CCOCC1. The average Bonchev–Trinajstić information content (AvgIpc) is 2.40. The maximum Gasteiger partial charge on any atom is 0.336 e. The zero-order chi connectivity index (χ0) is 12.3. The topological polar surface area (TPSA) is 36.3 Å². The van der Waals surface area contributed by atoms with Crippen molar-refractivity contribution >= 4 is 0 Å². The van der Waals surface area contributed by atoms with Crippen molar-refractivity contribution in [2.75, 3.05) is 26.3 Å². The second-order valence-corrected chi connectivity index (χ2v) is 4.84. The van der Waals surface area contributed by atoms with Gasteiger partial charge in [-0.2, -0.15) is 14.0 Å². The lowest BCUT2D eigenvalue weighted by molar-refractivity contribution is -0.0801. The van der Waals surface area contributed by atoms with Crippen LogP contribution >= 0.6 is 0 Å². The smallest absolute Gasteiger partial charge is 0.336 e. The summed E-state index contributed by atoms with van der Waals surface area (Å²) in [5, 5.41) is 8.62. The summed E-state index contributed by atoms with van der Waals surface area (Å²) in [4.78, 5) is 2.08. The number of rotatable bonds is 2. The number of hydrogen-bond donors (Lipinski definition) is 0. The molecule has 0 N–H and O–H groups in total. The van der Waals surface area contributed by atoms with Gasteiger partial charge in [0.2, 0.25) is 0 Å². The van der Waals surface area contributed by atoms with Crippen LogP contribution in [0.2, 0.25) is 0 Å². The molecule has 0 amide bonds. The number of morpholine rings is 1. The molecule has 96 valence electrons. The highest BCUT2D eigenvalue weighted by molar-refractivity contribution is 5.03. The lowest BCUT2D eigenvalue weighted by Gasteiger charge is -2.42. The monoisotopic (exact) mass is 244 g/mol. The van der Waals surface area contributed by atoms with Crippen molar-refractivity contribution in [3.63, 3.8) is 0 Å². The van der Waals surface area contributed by atoms with Crippen LogP contribution in [0, 0.1) is 17.2 Å². The third-order valence-electron chi connectivity index (χ3n) is 3.86. The van der Waals surface area contributed by atoms with Gasteiger partial charge in [0.25, 0.3) is 0 Å². The normalized spacial score (nSPS) is 32.1. The fraction of sp³-hybridized carbons (Fsp3) is 0.917. The third kappa shape index (κ3) is 2.75. The van der Waals surface area contributed by atoms with Crippen molar-refractivity contribution in [3.8, 4) is 6.07 Å². The molecule has 0 aromatic carbocycles. The van der Waals surface area contributed by atoms with Crippen molar-refractivity contribution in [2.24, 2.45) is 5.92 Å². The van der Waals surface area contributed by atoms with E-state index in [2.05, 4.69) is 4.90 Å². The maximum atomic E-state index is 13.6. The van der Waals surface area contributed by atoms with Crippen molar-refractivity contribution in [1.82, 2.24) is 4.90 Å². The van der Waals surface area contributed by atoms with E-state index in [0.717, 1.165) is 19.3 Å². The molecule has 5 heteroatoms. The predicted molar refractivity (Wildman–Crippen MR) is 58.7 cm³/mol. The Morgan fingerprint density at radius 2 is 1.82 bits per heavy atom. The number of alkyl halides is 2. The third-order valence-corrected chi connectivity index (χ3v) is 3.86. The van der Waals surface area contributed by atoms with E-state index in [1.165, 1.54) is 6.07 Å². The van der Waals surface area contributed by atoms with Crippen LogP contribution in [0.4, 0.5) is 8.78 Å². The van der Waals surface area contributed by atoms with Gasteiger partial charge in [-0.05, 0) is 12.8 Å². The molecule has 3 nitrogen and oxygen atoms in total. The molecule has 0 radical (unpaired) electrons. The van der Waals surface area contributed by atoms with Gasteiger partial charge in [-0.15, -0.1) is 0 Å². The Balaban J connectivity index is 2.09. The van der Waals surface area contributed by atoms with Crippen LogP contribution < -0.4 is 0 Å². The van der Waals surface area contributed by atoms with E-state index in [9.17, 15) is 8.78 Å². The van der Waals surface area contributed by atoms with E-state index < -0.39 is 11.8 Å². The molecule has 1 heterocycles. The van der Waals surface area contributed by atoms with Gasteiger partial charge in [0.15, 0.2) is 0 Å². The Morgan fingerprint density at radius 3 is 2.47 bits per heavy atom. The Bertz CT molecular complexity index is 297. The highest BCUT2D eigenvalue weighted by Gasteiger charge is 2.47. The standard InChI is InChI=1S/C12H18F2N2O/c13-12(14,9-15)10-3-1-2-4-11(10)16-5-7-17-8-6-16/h10-11H,1-8H2. The van der Waals surface area contributed by atoms with Crippen LogP contribution in [0.25, 0.3) is 0 Å². The van der Waals surface area contributed by atoms with Gasteiger partial charge in [0.05, 0.1) is 19.1 Å². The molecule has 0 bridgehead atoms. The molecule has 2 atom stereocenters. The number of nitriles is 1. The van der Waals surface area contributed by atoms with Crippen molar-refractivity contribution in [2.45, 2.75) is 37.6 Å². The van der Waals surface area contributed by atoms with Gasteiger partial charge in [-0.25, -0.2) is 0 Å². The maximum absolute atomic E-state index is 13.6. The molecular formula is C12H18F2N2O. The molecule has 0 aromatic rings. The van der Waals surface area contributed by atoms with Crippen LogP contribution in [0.15, 0.2) is 0 Å². The first-order chi connectivity index (χ1) is 8.15. The second kappa shape index (κ2) is 5.28. The van der Waals surface area contributed by atoms with Gasteiger partial charge in [0, 0.05) is 19.1 Å². The first-order valence-corrected chi connectivity index (χ1v) is 6.26. The molecule has 2 fully saturated rings. The zero-order valence-electron chi connectivity index (χ0n) is 9.87. The summed E-state index contributed by atoms with van der Waals surface area (Å²) in [6.07, 6.45) is 3.04. The summed E-state index contributed by atoms with van der Waals surface area (Å²) < 4.78 is 32.5. The minimum atomic E-state index is -3.19. The molecule has 0 aromatic heterocycles. The van der Waals surface area contributed by atoms with E-state index in [-0.39, 0.29) is 6.04 Å². The Hall–Kier alpha value is -0.730. The molecule has 1 aliphatic heterocycles. The minimum absolute atomic E-state index is 0.151. The summed E-state index contributed by atoms with van der Waals surface area (Å²) in [5.74, 6) is -4.00. The highest BCUT2D eigenvalue weighted by atomic mass is 19.3. The fourth-order valence-corrected chi connectivity index (χ4v) is 2.96. The molecule has 17 heavy (non-hydrogen) atoms. The lowest BCUT2D eigenvalue weighted by Crippen LogP contribution is -2.52. The molecule has 2 rings (SSSR count). The Morgan fingerprint density at radius 1 is 1.18 bits per heavy atom. The molecular weight excluding hydrogens is 226 g/mol. The Labute approximate surface area is 100 Å². The molecule has 2 unspecified atom stereocenters. The van der Waals surface area contributed by atoms with Crippen LogP contribution in [0.3, 0.4) is 0 Å². The van der Waals surface area contributed by atoms with Gasteiger partial charge in [-0.1, -0.05) is 12.8 Å². The molecule has 1 saturated heterocycles. The number of nitrogens with zero attached hydrogens (tertiary/aromatic N) is 2. The van der Waals surface area contributed by atoms with Gasteiger partial charge in [-0.3, -0.25) is 4.90 Å². The fourth-order valence-electron chi connectivity index (χ4n) is 2.96. The molecule has 1 aliphatic carbocycles. The molecule has 2 aliphatic rings. The van der Waals surface area contributed by atoms with E-state index in [1.54, 1.807) is 0 Å². The van der Waals surface area contributed by atoms with Crippen molar-refractivity contribution in [1.29, 1.82) is 5.26 Å². The molecule has 1 saturated carbocycles. The van der Waals surface area contributed by atoms with Crippen molar-refractivity contribution in [3.05, 3.63) is 0 Å². The minimum Gasteiger partial charge on any atom is -0.379 e. The van der Waals surface area contributed by atoms with Gasteiger partial charge < -0.3 is 4.74 Å². The van der Waals surface area contributed by atoms with E-state index >= 15 is 0 Å². The van der Waals surface area contributed by atoms with Crippen molar-refractivity contribution < 1.29 is 13.5 Å².